The molecule has 5 nitrogen and oxygen atoms in total. The second kappa shape index (κ2) is 9.18. The summed E-state index contributed by atoms with van der Waals surface area (Å²) in [4.78, 5) is 12.6. The van der Waals surface area contributed by atoms with E-state index in [4.69, 9.17) is 34.8 Å². The molecule has 28 heavy (non-hydrogen) atoms. The largest absolute Gasteiger partial charge is 0.324 e. The molecule has 1 amide bonds. The van der Waals surface area contributed by atoms with Gasteiger partial charge in [-0.2, -0.15) is 0 Å². The molecular formula is C19H17Cl3N4OS. The van der Waals surface area contributed by atoms with E-state index in [1.165, 1.54) is 11.8 Å². The van der Waals surface area contributed by atoms with Gasteiger partial charge in [0, 0.05) is 22.2 Å². The molecule has 0 spiro atoms. The number of nitrogens with zero attached hydrogens (tertiary/aromatic N) is 3. The first-order chi connectivity index (χ1) is 13.4. The zero-order valence-electron chi connectivity index (χ0n) is 15.1. The molecule has 1 N–H and O–H groups in total. The Morgan fingerprint density at radius 2 is 1.79 bits per heavy atom. The van der Waals surface area contributed by atoms with Crippen molar-refractivity contribution >= 4 is 58.2 Å². The summed E-state index contributed by atoms with van der Waals surface area (Å²) < 4.78 is 1.97. The van der Waals surface area contributed by atoms with E-state index < -0.39 is 5.25 Å². The summed E-state index contributed by atoms with van der Waals surface area (Å²) in [6.07, 6.45) is 0. The second-order valence-electron chi connectivity index (χ2n) is 5.93. The highest BCUT2D eigenvalue weighted by atomic mass is 35.5. The fourth-order valence-corrected chi connectivity index (χ4v) is 4.00. The summed E-state index contributed by atoms with van der Waals surface area (Å²) in [6.45, 7) is 4.48. The van der Waals surface area contributed by atoms with Crippen LogP contribution in [0.1, 0.15) is 13.8 Å². The van der Waals surface area contributed by atoms with Crippen LogP contribution in [0.4, 0.5) is 5.69 Å². The molecule has 146 valence electrons. The molecule has 1 aromatic heterocycles. The van der Waals surface area contributed by atoms with Crippen LogP contribution in [0.3, 0.4) is 0 Å². The van der Waals surface area contributed by atoms with Gasteiger partial charge >= 0.3 is 0 Å². The first-order valence-corrected chi connectivity index (χ1v) is 10.5. The van der Waals surface area contributed by atoms with E-state index in [-0.39, 0.29) is 5.91 Å². The molecular weight excluding hydrogens is 439 g/mol. The summed E-state index contributed by atoms with van der Waals surface area (Å²) in [5.41, 5.74) is 1.43. The molecule has 0 saturated heterocycles. The highest BCUT2D eigenvalue weighted by Gasteiger charge is 2.21. The Kier molecular flexibility index (Phi) is 6.88. The summed E-state index contributed by atoms with van der Waals surface area (Å²) in [5, 5.41) is 13.2. The van der Waals surface area contributed by atoms with Gasteiger partial charge in [-0.1, -0.05) is 46.6 Å². The summed E-state index contributed by atoms with van der Waals surface area (Å²) >= 11 is 19.3. The van der Waals surface area contributed by atoms with Crippen molar-refractivity contribution in [3.63, 3.8) is 0 Å². The average Bonchev–Trinajstić information content (AvgIpc) is 3.07. The van der Waals surface area contributed by atoms with Crippen LogP contribution in [0.2, 0.25) is 15.1 Å². The van der Waals surface area contributed by atoms with Crippen molar-refractivity contribution in [2.45, 2.75) is 30.8 Å². The van der Waals surface area contributed by atoms with Crippen LogP contribution in [-0.2, 0) is 11.3 Å². The number of amides is 1. The second-order valence-corrected chi connectivity index (χ2v) is 8.52. The topological polar surface area (TPSA) is 59.8 Å². The van der Waals surface area contributed by atoms with Crippen LogP contribution in [0.15, 0.2) is 47.6 Å². The lowest BCUT2D eigenvalue weighted by Crippen LogP contribution is -2.23. The maximum absolute atomic E-state index is 12.6. The van der Waals surface area contributed by atoms with Gasteiger partial charge in [0.15, 0.2) is 11.0 Å². The number of carbonyl (C=O) groups is 1. The highest BCUT2D eigenvalue weighted by molar-refractivity contribution is 8.00. The molecule has 3 aromatic rings. The van der Waals surface area contributed by atoms with Crippen LogP contribution < -0.4 is 5.32 Å². The minimum absolute atomic E-state index is 0.187. The SMILES string of the molecule is CCn1c(SC(C)C(=O)Nc2ccc(Cl)cc2Cl)nnc1-c1ccc(Cl)cc1. The molecule has 0 fully saturated rings. The number of anilines is 1. The minimum atomic E-state index is -0.403. The zero-order chi connectivity index (χ0) is 20.3. The number of rotatable bonds is 6. The quantitative estimate of drug-likeness (QED) is 0.460. The number of aromatic nitrogens is 3. The van der Waals surface area contributed by atoms with Crippen molar-refractivity contribution in [3.8, 4) is 11.4 Å². The molecule has 2 aromatic carbocycles. The molecule has 0 radical (unpaired) electrons. The molecule has 1 unspecified atom stereocenters. The third-order valence-corrected chi connectivity index (χ3v) is 5.86. The predicted molar refractivity (Wildman–Crippen MR) is 117 cm³/mol. The molecule has 0 aliphatic heterocycles. The van der Waals surface area contributed by atoms with Crippen molar-refractivity contribution in [3.05, 3.63) is 57.5 Å². The van der Waals surface area contributed by atoms with E-state index in [0.29, 0.717) is 32.5 Å². The third-order valence-electron chi connectivity index (χ3n) is 3.98. The van der Waals surface area contributed by atoms with Gasteiger partial charge in [0.05, 0.1) is 16.0 Å². The molecule has 3 rings (SSSR count). The first-order valence-electron chi connectivity index (χ1n) is 8.50. The normalized spacial score (nSPS) is 12.0. The van der Waals surface area contributed by atoms with Crippen LogP contribution in [0, 0.1) is 0 Å². The van der Waals surface area contributed by atoms with E-state index in [0.717, 1.165) is 11.4 Å². The van der Waals surface area contributed by atoms with Crippen molar-refractivity contribution in [1.29, 1.82) is 0 Å². The van der Waals surface area contributed by atoms with Crippen LogP contribution in [-0.4, -0.2) is 25.9 Å². The van der Waals surface area contributed by atoms with E-state index in [1.54, 1.807) is 25.1 Å². The van der Waals surface area contributed by atoms with Gasteiger partial charge in [0.25, 0.3) is 0 Å². The standard InChI is InChI=1S/C19H17Cl3N4OS/c1-3-26-17(12-4-6-13(20)7-5-12)24-25-19(26)28-11(2)18(27)23-16-9-8-14(21)10-15(16)22/h4-11H,3H2,1-2H3,(H,23,27). The van der Waals surface area contributed by atoms with E-state index in [1.807, 2.05) is 35.8 Å². The van der Waals surface area contributed by atoms with E-state index in [2.05, 4.69) is 15.5 Å². The van der Waals surface area contributed by atoms with Crippen LogP contribution in [0.5, 0.6) is 0 Å². The zero-order valence-corrected chi connectivity index (χ0v) is 18.2. The lowest BCUT2D eigenvalue weighted by atomic mass is 10.2. The van der Waals surface area contributed by atoms with Gasteiger partial charge in [-0.15, -0.1) is 10.2 Å². The predicted octanol–water partition coefficient (Wildman–Crippen LogP) is 6.04. The molecule has 9 heteroatoms. The number of benzene rings is 2. The molecule has 0 bridgehead atoms. The maximum Gasteiger partial charge on any atom is 0.237 e. The molecule has 1 atom stereocenters. The Hall–Kier alpha value is -1.73. The van der Waals surface area contributed by atoms with Gasteiger partial charge in [-0.3, -0.25) is 4.79 Å². The summed E-state index contributed by atoms with van der Waals surface area (Å²) in [7, 11) is 0. The summed E-state index contributed by atoms with van der Waals surface area (Å²) in [6, 6.07) is 12.3. The van der Waals surface area contributed by atoms with Crippen LogP contribution in [0.25, 0.3) is 11.4 Å². The van der Waals surface area contributed by atoms with Gasteiger partial charge in [0.1, 0.15) is 0 Å². The Bertz CT molecular complexity index is 991. The Morgan fingerprint density at radius 1 is 1.11 bits per heavy atom. The van der Waals surface area contributed by atoms with Gasteiger partial charge in [-0.25, -0.2) is 0 Å². The lowest BCUT2D eigenvalue weighted by Gasteiger charge is -2.13. The number of thioether (sulfide) groups is 1. The van der Waals surface area contributed by atoms with Gasteiger partial charge in [-0.05, 0) is 56.3 Å². The van der Waals surface area contributed by atoms with Crippen molar-refractivity contribution < 1.29 is 4.79 Å². The smallest absolute Gasteiger partial charge is 0.237 e. The van der Waals surface area contributed by atoms with Crippen molar-refractivity contribution in [2.75, 3.05) is 5.32 Å². The third kappa shape index (κ3) is 4.81. The molecule has 0 saturated carbocycles. The van der Waals surface area contributed by atoms with Gasteiger partial charge < -0.3 is 9.88 Å². The maximum atomic E-state index is 12.6. The van der Waals surface area contributed by atoms with Crippen LogP contribution >= 0.6 is 46.6 Å². The Morgan fingerprint density at radius 3 is 2.43 bits per heavy atom. The fourth-order valence-electron chi connectivity index (χ4n) is 2.51. The van der Waals surface area contributed by atoms with Crippen molar-refractivity contribution in [1.82, 2.24) is 14.8 Å². The first kappa shape index (κ1) is 21.0. The Balaban J connectivity index is 1.75. The Labute approximate surface area is 182 Å². The monoisotopic (exact) mass is 454 g/mol. The lowest BCUT2D eigenvalue weighted by molar-refractivity contribution is -0.115. The number of halogens is 3. The van der Waals surface area contributed by atoms with Crippen molar-refractivity contribution in [2.24, 2.45) is 0 Å². The fraction of sp³-hybridized carbons (Fsp3) is 0.211. The number of carbonyl (C=O) groups excluding carboxylic acids is 1. The highest BCUT2D eigenvalue weighted by Crippen LogP contribution is 2.29. The van der Waals surface area contributed by atoms with E-state index in [9.17, 15) is 4.79 Å². The average molecular weight is 456 g/mol. The van der Waals surface area contributed by atoms with Gasteiger partial charge in [0.2, 0.25) is 5.91 Å². The van der Waals surface area contributed by atoms with E-state index >= 15 is 0 Å². The number of nitrogens with one attached hydrogen (secondary N) is 1. The number of hydrogen-bond donors (Lipinski definition) is 1. The minimum Gasteiger partial charge on any atom is -0.324 e. The summed E-state index contributed by atoms with van der Waals surface area (Å²) in [5.74, 6) is 0.544. The molecule has 0 aliphatic carbocycles. The molecule has 1 heterocycles. The number of hydrogen-bond acceptors (Lipinski definition) is 4. The molecule has 0 aliphatic rings.